The van der Waals surface area contributed by atoms with Crippen LogP contribution in [0.4, 0.5) is 5.69 Å². The van der Waals surface area contributed by atoms with E-state index in [4.69, 9.17) is 16.3 Å². The van der Waals surface area contributed by atoms with E-state index in [1.807, 2.05) is 31.2 Å². The molecule has 0 unspecified atom stereocenters. The number of carbonyl (C=O) groups is 1. The lowest BCUT2D eigenvalue weighted by atomic mass is 9.94. The molecular weight excluding hydrogens is 280 g/mol. The highest BCUT2D eigenvalue weighted by molar-refractivity contribution is 6.10. The van der Waals surface area contributed by atoms with Crippen molar-refractivity contribution in [3.05, 3.63) is 29.8 Å². The second-order valence-electron chi connectivity index (χ2n) is 4.56. The second-order valence-corrected chi connectivity index (χ2v) is 4.56. The number of amides is 1. The van der Waals surface area contributed by atoms with E-state index < -0.39 is 0 Å². The fourth-order valence-corrected chi connectivity index (χ4v) is 1.78. The number of anilines is 1. The van der Waals surface area contributed by atoms with Crippen LogP contribution in [0.1, 0.15) is 18.9 Å². The second kappa shape index (κ2) is 8.18. The number of hydrogen-bond donors (Lipinski definition) is 2. The van der Waals surface area contributed by atoms with Crippen molar-refractivity contribution in [1.29, 1.82) is 10.5 Å². The Labute approximate surface area is 128 Å². The summed E-state index contributed by atoms with van der Waals surface area (Å²) in [5, 5.41) is 19.9. The maximum Gasteiger partial charge on any atom is 0.240 e. The largest absolute Gasteiger partial charge is 0.399 e. The van der Waals surface area contributed by atoms with Gasteiger partial charge in [0, 0.05) is 25.1 Å². The van der Waals surface area contributed by atoms with Crippen LogP contribution in [-0.2, 0) is 4.79 Å². The molecule has 1 atom stereocenters. The summed E-state index contributed by atoms with van der Waals surface area (Å²) in [6.45, 7) is 1.99. The molecule has 1 heterocycles. The molecule has 0 radical (unpaired) electrons. The molecule has 0 bridgehead atoms. The van der Waals surface area contributed by atoms with E-state index in [1.165, 1.54) is 7.05 Å². The number of nitrogens with one attached hydrogen (secondary N) is 1. The molecule has 0 fully saturated rings. The number of rotatable bonds is 1. The van der Waals surface area contributed by atoms with Crippen molar-refractivity contribution in [2.45, 2.75) is 13.3 Å². The van der Waals surface area contributed by atoms with Crippen molar-refractivity contribution in [2.24, 2.45) is 16.0 Å². The van der Waals surface area contributed by atoms with Crippen LogP contribution in [0.15, 0.2) is 34.4 Å². The summed E-state index contributed by atoms with van der Waals surface area (Å²) in [6, 6.07) is 10.7. The van der Waals surface area contributed by atoms with Crippen LogP contribution in [0.5, 0.6) is 0 Å². The molecule has 1 amide bonds. The van der Waals surface area contributed by atoms with Gasteiger partial charge in [-0.15, -0.1) is 0 Å². The number of hydrazone groups is 1. The number of benzene rings is 1. The van der Waals surface area contributed by atoms with Crippen LogP contribution in [0.3, 0.4) is 0 Å². The maximum atomic E-state index is 11.1. The molecule has 7 nitrogen and oxygen atoms in total. The van der Waals surface area contributed by atoms with Crippen molar-refractivity contribution in [3.8, 4) is 12.1 Å². The first-order chi connectivity index (χ1) is 10.5. The van der Waals surface area contributed by atoms with Crippen LogP contribution in [0, 0.1) is 28.6 Å². The molecule has 3 N–H and O–H groups in total. The minimum absolute atomic E-state index is 0.0262. The first-order valence-electron chi connectivity index (χ1n) is 6.51. The zero-order valence-corrected chi connectivity index (χ0v) is 12.4. The Morgan fingerprint density at radius 3 is 2.36 bits per heavy atom. The molecule has 112 valence electrons. The van der Waals surface area contributed by atoms with Crippen LogP contribution in [0.2, 0.25) is 0 Å². The average molecular weight is 296 g/mol. The van der Waals surface area contributed by atoms with Crippen LogP contribution < -0.4 is 11.2 Å². The molecule has 7 heteroatoms. The molecule has 0 aliphatic carbocycles. The van der Waals surface area contributed by atoms with Gasteiger partial charge >= 0.3 is 0 Å². The van der Waals surface area contributed by atoms with Gasteiger partial charge in [0.25, 0.3) is 0 Å². The normalized spacial score (nSPS) is 15.9. The molecule has 2 rings (SSSR count). The zero-order valence-electron chi connectivity index (χ0n) is 12.4. The third-order valence-corrected chi connectivity index (χ3v) is 2.90. The molecule has 1 aromatic carbocycles. The van der Waals surface area contributed by atoms with Gasteiger partial charge in [0.15, 0.2) is 0 Å². The molecule has 0 saturated carbocycles. The summed E-state index contributed by atoms with van der Waals surface area (Å²) >= 11 is 0. The lowest BCUT2D eigenvalue weighted by molar-refractivity contribution is -0.121. The van der Waals surface area contributed by atoms with Crippen LogP contribution in [-0.4, -0.2) is 24.4 Å². The van der Waals surface area contributed by atoms with E-state index >= 15 is 0 Å². The van der Waals surface area contributed by atoms with Gasteiger partial charge in [0.05, 0.1) is 5.71 Å². The van der Waals surface area contributed by atoms with E-state index in [2.05, 4.69) is 15.5 Å². The van der Waals surface area contributed by atoms with Gasteiger partial charge in [-0.2, -0.15) is 15.6 Å². The van der Waals surface area contributed by atoms with Gasteiger partial charge in [0.1, 0.15) is 12.1 Å². The lowest BCUT2D eigenvalue weighted by Gasteiger charge is -2.19. The Hall–Kier alpha value is -3.19. The molecule has 0 spiro atoms. The monoisotopic (exact) mass is 296 g/mol. The van der Waals surface area contributed by atoms with Gasteiger partial charge in [0.2, 0.25) is 11.6 Å². The summed E-state index contributed by atoms with van der Waals surface area (Å²) in [5.41, 5.74) is 10.7. The number of nitriles is 2. The van der Waals surface area contributed by atoms with Gasteiger partial charge in [-0.1, -0.05) is 19.1 Å². The van der Waals surface area contributed by atoms with E-state index in [-0.39, 0.29) is 17.5 Å². The Morgan fingerprint density at radius 2 is 1.95 bits per heavy atom. The number of nitrogen functional groups attached to an aromatic ring is 1. The highest BCUT2D eigenvalue weighted by Crippen LogP contribution is 2.17. The summed E-state index contributed by atoms with van der Waals surface area (Å²) in [7, 11) is 1.40. The molecule has 1 aliphatic heterocycles. The highest BCUT2D eigenvalue weighted by Gasteiger charge is 2.21. The first-order valence-corrected chi connectivity index (χ1v) is 6.51. The zero-order chi connectivity index (χ0) is 16.5. The predicted octanol–water partition coefficient (Wildman–Crippen LogP) is 1.23. The van der Waals surface area contributed by atoms with Gasteiger partial charge in [-0.3, -0.25) is 9.79 Å². The van der Waals surface area contributed by atoms with Crippen molar-refractivity contribution < 1.29 is 4.79 Å². The highest BCUT2D eigenvalue weighted by atomic mass is 16.2. The third-order valence-electron chi connectivity index (χ3n) is 2.90. The third kappa shape index (κ3) is 4.73. The minimum atomic E-state index is -0.0833. The molecular formula is C15H16N6O. The number of carbonyl (C=O) groups excluding carboxylic acids is 1. The molecule has 0 aromatic heterocycles. The summed E-state index contributed by atoms with van der Waals surface area (Å²) < 4.78 is 0. The first kappa shape index (κ1) is 16.9. The quantitative estimate of drug-likeness (QED) is 0.596. The maximum absolute atomic E-state index is 11.1. The molecule has 1 aliphatic rings. The fourth-order valence-electron chi connectivity index (χ4n) is 1.78. The van der Waals surface area contributed by atoms with Gasteiger partial charge in [-0.05, 0) is 17.7 Å². The Morgan fingerprint density at radius 1 is 1.36 bits per heavy atom. The number of nitrogens with zero attached hydrogens (tertiary/aromatic N) is 4. The Bertz CT molecular complexity index is 659. The summed E-state index contributed by atoms with van der Waals surface area (Å²) in [4.78, 5) is 14.4. The van der Waals surface area contributed by atoms with Crippen molar-refractivity contribution in [1.82, 2.24) is 5.43 Å². The van der Waals surface area contributed by atoms with Gasteiger partial charge in [-0.25, -0.2) is 5.43 Å². The topological polar surface area (TPSA) is 127 Å². The minimum Gasteiger partial charge on any atom is -0.399 e. The fraction of sp³-hybridized carbons (Fsp3) is 0.267. The average Bonchev–Trinajstić information content (AvgIpc) is 2.51. The van der Waals surface area contributed by atoms with Crippen molar-refractivity contribution >= 4 is 23.0 Å². The molecule has 0 saturated heterocycles. The standard InChI is InChI=1S/C11H13N3O.C4H3N3/c1-7-6-10(15)13-14-11(7)8-2-4-9(12)5-3-8;1-7-4(2-5)3-6/h2-5,7H,6,12H2,1H3,(H,13,15);1H3/t7-;/m1./s1. The predicted molar refractivity (Wildman–Crippen MR) is 83.9 cm³/mol. The lowest BCUT2D eigenvalue weighted by Crippen LogP contribution is -2.31. The van der Waals surface area contributed by atoms with E-state index in [9.17, 15) is 4.79 Å². The number of nitrogens with two attached hydrogens (primary N) is 1. The van der Waals surface area contributed by atoms with Crippen LogP contribution in [0.25, 0.3) is 0 Å². The number of hydrogen-bond acceptors (Lipinski definition) is 6. The van der Waals surface area contributed by atoms with Gasteiger partial charge < -0.3 is 5.73 Å². The Kier molecular flexibility index (Phi) is 6.27. The van der Waals surface area contributed by atoms with Crippen LogP contribution >= 0.6 is 0 Å². The van der Waals surface area contributed by atoms with Crippen molar-refractivity contribution in [2.75, 3.05) is 12.8 Å². The Balaban J connectivity index is 0.000000295. The van der Waals surface area contributed by atoms with E-state index in [0.29, 0.717) is 6.42 Å². The SMILES string of the molecule is CN=C(C#N)C#N.C[C@@H]1CC(=O)NN=C1c1ccc(N)cc1. The molecule has 1 aromatic rings. The number of aliphatic imine (C=N–C) groups is 1. The van der Waals surface area contributed by atoms with E-state index in [1.54, 1.807) is 12.1 Å². The van der Waals surface area contributed by atoms with Crippen molar-refractivity contribution in [3.63, 3.8) is 0 Å². The van der Waals surface area contributed by atoms with E-state index in [0.717, 1.165) is 17.0 Å². The summed E-state index contributed by atoms with van der Waals surface area (Å²) in [6.07, 6.45) is 0.489. The molecule has 22 heavy (non-hydrogen) atoms. The summed E-state index contributed by atoms with van der Waals surface area (Å²) in [5.74, 6) is 0.129. The smallest absolute Gasteiger partial charge is 0.240 e.